The Labute approximate surface area is 159 Å². The molecule has 1 heterocycles. The second-order valence-corrected chi connectivity index (χ2v) is 8.00. The van der Waals surface area contributed by atoms with Gasteiger partial charge in [-0.05, 0) is 37.8 Å². The highest BCUT2D eigenvalue weighted by molar-refractivity contribution is 5.81. The number of primary amides is 1. The van der Waals surface area contributed by atoms with E-state index in [-0.39, 0.29) is 17.4 Å². The Hall–Kier alpha value is -2.82. The average molecular weight is 364 g/mol. The molecule has 2 aromatic rings. The topological polar surface area (TPSA) is 72.6 Å². The summed E-state index contributed by atoms with van der Waals surface area (Å²) < 4.78 is 6.00. The number of hydrogen-bond acceptors (Lipinski definition) is 3. The molecular formula is C22H24N2O3. The van der Waals surface area contributed by atoms with E-state index >= 15 is 0 Å². The maximum absolute atomic E-state index is 13.1. The molecule has 2 aliphatic rings. The Morgan fingerprint density at radius 3 is 2.15 bits per heavy atom. The Kier molecular flexibility index (Phi) is 4.17. The third-order valence-electron chi connectivity index (χ3n) is 5.86. The summed E-state index contributed by atoms with van der Waals surface area (Å²) in [5.74, 6) is -0.686. The summed E-state index contributed by atoms with van der Waals surface area (Å²) >= 11 is 0. The second-order valence-electron chi connectivity index (χ2n) is 8.00. The van der Waals surface area contributed by atoms with Crippen LogP contribution < -0.4 is 5.73 Å². The van der Waals surface area contributed by atoms with E-state index in [1.807, 2.05) is 50.2 Å². The third kappa shape index (κ3) is 2.97. The minimum atomic E-state index is -0.436. The molecule has 2 aromatic carbocycles. The first-order valence-corrected chi connectivity index (χ1v) is 9.34. The van der Waals surface area contributed by atoms with Crippen molar-refractivity contribution in [1.82, 2.24) is 4.90 Å². The van der Waals surface area contributed by atoms with Gasteiger partial charge in [-0.3, -0.25) is 4.79 Å². The van der Waals surface area contributed by atoms with Crippen molar-refractivity contribution in [3.05, 3.63) is 59.7 Å². The lowest BCUT2D eigenvalue weighted by atomic mass is 9.85. The number of rotatable bonds is 2. The van der Waals surface area contributed by atoms with Crippen molar-refractivity contribution in [2.45, 2.75) is 38.3 Å². The smallest absolute Gasteiger partial charge is 0.411 e. The molecule has 0 spiro atoms. The van der Waals surface area contributed by atoms with E-state index < -0.39 is 12.2 Å². The van der Waals surface area contributed by atoms with E-state index in [2.05, 4.69) is 12.1 Å². The van der Waals surface area contributed by atoms with Gasteiger partial charge in [0.2, 0.25) is 5.91 Å². The fraction of sp³-hybridized carbons (Fsp3) is 0.364. The van der Waals surface area contributed by atoms with Gasteiger partial charge in [-0.1, -0.05) is 48.5 Å². The molecule has 0 aromatic heterocycles. The van der Waals surface area contributed by atoms with Gasteiger partial charge >= 0.3 is 6.09 Å². The molecule has 27 heavy (non-hydrogen) atoms. The molecule has 4 rings (SSSR count). The van der Waals surface area contributed by atoms with Crippen LogP contribution in [0, 0.1) is 5.92 Å². The van der Waals surface area contributed by atoms with Gasteiger partial charge in [0.05, 0.1) is 5.92 Å². The van der Waals surface area contributed by atoms with Crippen LogP contribution in [0.5, 0.6) is 0 Å². The molecule has 2 N–H and O–H groups in total. The number of carbonyl (C=O) groups is 2. The van der Waals surface area contributed by atoms with Crippen LogP contribution in [-0.2, 0) is 9.53 Å². The van der Waals surface area contributed by atoms with E-state index in [1.54, 1.807) is 4.90 Å². The van der Waals surface area contributed by atoms with Gasteiger partial charge in [0, 0.05) is 23.2 Å². The van der Waals surface area contributed by atoms with Crippen LogP contribution in [-0.4, -0.2) is 29.0 Å². The normalized spacial score (nSPS) is 20.7. The van der Waals surface area contributed by atoms with Gasteiger partial charge in [0.15, 0.2) is 6.10 Å². The van der Waals surface area contributed by atoms with Gasteiger partial charge in [0.25, 0.3) is 0 Å². The van der Waals surface area contributed by atoms with Crippen molar-refractivity contribution >= 4 is 12.0 Å². The highest BCUT2D eigenvalue weighted by atomic mass is 16.6. The highest BCUT2D eigenvalue weighted by Gasteiger charge is 2.41. The summed E-state index contributed by atoms with van der Waals surface area (Å²) in [5.41, 5.74) is 9.30. The Bertz CT molecular complexity index is 860. The van der Waals surface area contributed by atoms with Gasteiger partial charge in [-0.25, -0.2) is 4.79 Å². The number of benzene rings is 2. The first-order chi connectivity index (χ1) is 12.9. The molecule has 5 heteroatoms. The predicted molar refractivity (Wildman–Crippen MR) is 103 cm³/mol. The fourth-order valence-corrected chi connectivity index (χ4v) is 4.18. The lowest BCUT2D eigenvalue weighted by Crippen LogP contribution is -2.55. The van der Waals surface area contributed by atoms with E-state index in [1.165, 1.54) is 0 Å². The van der Waals surface area contributed by atoms with Crippen molar-refractivity contribution in [2.24, 2.45) is 11.7 Å². The monoisotopic (exact) mass is 364 g/mol. The van der Waals surface area contributed by atoms with Crippen molar-refractivity contribution in [2.75, 3.05) is 6.54 Å². The van der Waals surface area contributed by atoms with Gasteiger partial charge in [0.1, 0.15) is 0 Å². The summed E-state index contributed by atoms with van der Waals surface area (Å²) in [7, 11) is 0. The number of likely N-dealkylation sites (tertiary alicyclic amines) is 1. The minimum absolute atomic E-state index is 0.303. The predicted octanol–water partition coefficient (Wildman–Crippen LogP) is 3.87. The van der Waals surface area contributed by atoms with Crippen LogP contribution in [0.25, 0.3) is 11.1 Å². The number of amides is 2. The maximum Gasteiger partial charge on any atom is 0.411 e. The lowest BCUT2D eigenvalue weighted by molar-refractivity contribution is -0.124. The molecule has 2 amide bonds. The van der Waals surface area contributed by atoms with Gasteiger partial charge in [-0.2, -0.15) is 0 Å². The molecule has 1 aliphatic carbocycles. The summed E-state index contributed by atoms with van der Waals surface area (Å²) in [4.78, 5) is 26.4. The molecule has 1 fully saturated rings. The quantitative estimate of drug-likeness (QED) is 0.879. The van der Waals surface area contributed by atoms with E-state index in [4.69, 9.17) is 10.5 Å². The number of fused-ring (bicyclic) bond motifs is 3. The third-order valence-corrected chi connectivity index (χ3v) is 5.86. The van der Waals surface area contributed by atoms with Gasteiger partial charge in [-0.15, -0.1) is 0 Å². The standard InChI is InChI=1S/C22H24N2O3/c1-22(2)12-11-14(20(23)25)13-24(22)21(26)27-19-17-9-5-3-7-15(17)16-8-4-6-10-18(16)19/h3-10,14,19H,11-13H2,1-2H3,(H2,23,25). The molecule has 5 nitrogen and oxygen atoms in total. The van der Waals surface area contributed by atoms with Crippen LogP contribution in [0.15, 0.2) is 48.5 Å². The lowest BCUT2D eigenvalue weighted by Gasteiger charge is -2.44. The van der Waals surface area contributed by atoms with Crippen LogP contribution in [0.3, 0.4) is 0 Å². The summed E-state index contributed by atoms with van der Waals surface area (Å²) in [6, 6.07) is 16.0. The van der Waals surface area contributed by atoms with Crippen molar-refractivity contribution < 1.29 is 14.3 Å². The molecule has 0 saturated carbocycles. The molecule has 1 unspecified atom stereocenters. The van der Waals surface area contributed by atoms with Crippen molar-refractivity contribution in [3.63, 3.8) is 0 Å². The van der Waals surface area contributed by atoms with E-state index in [0.717, 1.165) is 22.3 Å². The fourth-order valence-electron chi connectivity index (χ4n) is 4.18. The zero-order valence-corrected chi connectivity index (χ0v) is 15.6. The number of piperidine rings is 1. The Morgan fingerprint density at radius 2 is 1.59 bits per heavy atom. The number of nitrogens with zero attached hydrogens (tertiary/aromatic N) is 1. The van der Waals surface area contributed by atoms with Gasteiger partial charge < -0.3 is 15.4 Å². The first kappa shape index (κ1) is 17.6. The molecule has 0 radical (unpaired) electrons. The number of nitrogens with two attached hydrogens (primary N) is 1. The van der Waals surface area contributed by atoms with Crippen molar-refractivity contribution in [1.29, 1.82) is 0 Å². The summed E-state index contributed by atoms with van der Waals surface area (Å²) in [6.07, 6.45) is 0.575. The molecule has 0 bridgehead atoms. The molecule has 140 valence electrons. The molecule has 1 saturated heterocycles. The zero-order chi connectivity index (χ0) is 19.2. The minimum Gasteiger partial charge on any atom is -0.436 e. The second kappa shape index (κ2) is 6.41. The first-order valence-electron chi connectivity index (χ1n) is 9.34. The Morgan fingerprint density at radius 1 is 1.04 bits per heavy atom. The zero-order valence-electron chi connectivity index (χ0n) is 15.6. The number of hydrogen-bond donors (Lipinski definition) is 1. The molecule has 1 atom stereocenters. The van der Waals surface area contributed by atoms with E-state index in [9.17, 15) is 9.59 Å². The average Bonchev–Trinajstić information content (AvgIpc) is 2.95. The maximum atomic E-state index is 13.1. The Balaban J connectivity index is 1.64. The van der Waals surface area contributed by atoms with Crippen LogP contribution in [0.2, 0.25) is 0 Å². The van der Waals surface area contributed by atoms with Crippen molar-refractivity contribution in [3.8, 4) is 11.1 Å². The number of carbonyl (C=O) groups excluding carboxylic acids is 2. The summed E-state index contributed by atoms with van der Waals surface area (Å²) in [6.45, 7) is 4.31. The van der Waals surface area contributed by atoms with Crippen LogP contribution in [0.1, 0.15) is 43.9 Å². The molecule has 1 aliphatic heterocycles. The van der Waals surface area contributed by atoms with Crippen LogP contribution in [0.4, 0.5) is 4.79 Å². The largest absolute Gasteiger partial charge is 0.436 e. The summed E-state index contributed by atoms with van der Waals surface area (Å²) in [5, 5.41) is 0. The van der Waals surface area contributed by atoms with Crippen LogP contribution >= 0.6 is 0 Å². The molecular weight excluding hydrogens is 340 g/mol. The van der Waals surface area contributed by atoms with E-state index in [0.29, 0.717) is 19.4 Å². The SMILES string of the molecule is CC1(C)CCC(C(N)=O)CN1C(=O)OC1c2ccccc2-c2ccccc21. The number of ether oxygens (including phenoxy) is 1. The highest BCUT2D eigenvalue weighted by Crippen LogP contribution is 2.45.